The molecule has 10 atom stereocenters. The number of hydrogen-bond donors (Lipinski definition) is 5. The molecule has 1 aromatic rings. The lowest BCUT2D eigenvalue weighted by molar-refractivity contribution is -0.201. The highest BCUT2D eigenvalue weighted by molar-refractivity contribution is 5.89. The van der Waals surface area contributed by atoms with Gasteiger partial charge in [0.2, 0.25) is 0 Å². The van der Waals surface area contributed by atoms with E-state index in [1.54, 1.807) is 52.0 Å². The third-order valence-corrected chi connectivity index (χ3v) is 10.5. The van der Waals surface area contributed by atoms with Crippen LogP contribution in [-0.2, 0) is 4.74 Å². The summed E-state index contributed by atoms with van der Waals surface area (Å²) in [4.78, 5) is 13.1. The van der Waals surface area contributed by atoms with Gasteiger partial charge in [-0.1, -0.05) is 32.0 Å². The van der Waals surface area contributed by atoms with E-state index < -0.39 is 63.8 Å². The van der Waals surface area contributed by atoms with E-state index in [2.05, 4.69) is 0 Å². The highest BCUT2D eigenvalue weighted by Gasteiger charge is 2.77. The number of hydrogen-bond acceptors (Lipinski definition) is 7. The summed E-state index contributed by atoms with van der Waals surface area (Å²) in [6, 6.07) is 8.68. The van der Waals surface area contributed by atoms with Crippen LogP contribution in [0.25, 0.3) is 0 Å². The summed E-state index contributed by atoms with van der Waals surface area (Å²) in [6.45, 7) is 6.88. The second-order valence-corrected chi connectivity index (χ2v) is 12.5. The summed E-state index contributed by atoms with van der Waals surface area (Å²) in [6.07, 6.45) is -1.27. The molecule has 1 aromatic carbocycles. The number of esters is 1. The van der Waals surface area contributed by atoms with Gasteiger partial charge in [-0.05, 0) is 64.0 Å². The Bertz CT molecular complexity index is 972. The SMILES string of the molecule is CC1(C)[C@@H](O)C[C@H]2[C@](C)(O)[C@@H]3CC[C@H]4C(OC(=O)c5ccccc5)C3(C[C@@H](O)[C@@]21O)C[C@@]4(C)O. The van der Waals surface area contributed by atoms with Gasteiger partial charge in [0.25, 0.3) is 0 Å². The summed E-state index contributed by atoms with van der Waals surface area (Å²) in [7, 11) is 0. The number of carbonyl (C=O) groups excluding carboxylic acids is 1. The molecule has 34 heavy (non-hydrogen) atoms. The van der Waals surface area contributed by atoms with Crippen LogP contribution in [0.15, 0.2) is 30.3 Å². The number of carbonyl (C=O) groups is 1. The summed E-state index contributed by atoms with van der Waals surface area (Å²) in [5.41, 5.74) is -5.91. The van der Waals surface area contributed by atoms with Gasteiger partial charge in [-0.25, -0.2) is 4.79 Å². The van der Waals surface area contributed by atoms with E-state index in [-0.39, 0.29) is 25.2 Å². The highest BCUT2D eigenvalue weighted by Crippen LogP contribution is 2.70. The van der Waals surface area contributed by atoms with E-state index in [0.29, 0.717) is 18.4 Å². The maximum Gasteiger partial charge on any atom is 0.338 e. The van der Waals surface area contributed by atoms with Crippen LogP contribution < -0.4 is 0 Å². The Labute approximate surface area is 200 Å². The zero-order valence-electron chi connectivity index (χ0n) is 20.4. The first kappa shape index (κ1) is 24.2. The van der Waals surface area contributed by atoms with Crippen LogP contribution >= 0.6 is 0 Å². The first-order valence-corrected chi connectivity index (χ1v) is 12.5. The third kappa shape index (κ3) is 2.91. The lowest BCUT2D eigenvalue weighted by atomic mass is 9.57. The van der Waals surface area contributed by atoms with Crippen LogP contribution in [0, 0.1) is 28.6 Å². The Morgan fingerprint density at radius 2 is 1.59 bits per heavy atom. The molecule has 4 aliphatic rings. The van der Waals surface area contributed by atoms with Crippen LogP contribution in [0.1, 0.15) is 70.2 Å². The largest absolute Gasteiger partial charge is 0.458 e. The molecule has 0 aliphatic heterocycles. The fraction of sp³-hybridized carbons (Fsp3) is 0.741. The second kappa shape index (κ2) is 7.26. The van der Waals surface area contributed by atoms with Gasteiger partial charge in [-0.2, -0.15) is 0 Å². The minimum absolute atomic E-state index is 0.0658. The summed E-state index contributed by atoms with van der Waals surface area (Å²) in [5, 5.41) is 58.0. The van der Waals surface area contributed by atoms with Crippen LogP contribution in [0.4, 0.5) is 0 Å². The van der Waals surface area contributed by atoms with Gasteiger partial charge in [-0.15, -0.1) is 0 Å². The van der Waals surface area contributed by atoms with Crippen molar-refractivity contribution in [2.75, 3.05) is 0 Å². The summed E-state index contributed by atoms with van der Waals surface area (Å²) < 4.78 is 6.13. The number of aliphatic hydroxyl groups excluding tert-OH is 2. The molecule has 188 valence electrons. The van der Waals surface area contributed by atoms with Crippen LogP contribution in [0.3, 0.4) is 0 Å². The Morgan fingerprint density at radius 1 is 0.941 bits per heavy atom. The topological polar surface area (TPSA) is 127 Å². The number of ether oxygens (including phenoxy) is 1. The van der Waals surface area contributed by atoms with Gasteiger partial charge in [0.15, 0.2) is 0 Å². The standard InChI is InChI=1S/C27H38O7/c1-23(2)19(28)12-18-25(4,32)17-11-10-16-21(34-22(30)15-8-6-5-7-9-15)26(17,14-24(16,3)31)13-20(29)27(18,23)33/h5-9,16-21,28-29,31-33H,10-14H2,1-4H3/t16-,17-,18-,19-,20+,21?,24+,25+,26?,27-/m0/s1. The van der Waals surface area contributed by atoms with E-state index in [0.717, 1.165) is 0 Å². The average molecular weight is 475 g/mol. The molecular weight excluding hydrogens is 436 g/mol. The Hall–Kier alpha value is -1.51. The van der Waals surface area contributed by atoms with Gasteiger partial charge >= 0.3 is 5.97 Å². The van der Waals surface area contributed by atoms with Crippen molar-refractivity contribution in [2.45, 2.75) is 94.9 Å². The quantitative estimate of drug-likeness (QED) is 0.415. The molecular formula is C27H38O7. The Balaban J connectivity index is 1.62. The Kier molecular flexibility index (Phi) is 5.17. The van der Waals surface area contributed by atoms with Gasteiger partial charge in [0.05, 0.1) is 29.0 Å². The van der Waals surface area contributed by atoms with Gasteiger partial charge in [0.1, 0.15) is 11.7 Å². The molecule has 2 unspecified atom stereocenters. The molecule has 2 bridgehead atoms. The minimum atomic E-state index is -1.74. The van der Waals surface area contributed by atoms with E-state index in [4.69, 9.17) is 4.74 Å². The van der Waals surface area contributed by atoms with Gasteiger partial charge < -0.3 is 30.3 Å². The number of fused-ring (bicyclic) bond motifs is 2. The van der Waals surface area contributed by atoms with Crippen molar-refractivity contribution < 1.29 is 35.1 Å². The second-order valence-electron chi connectivity index (χ2n) is 12.5. The predicted molar refractivity (Wildman–Crippen MR) is 124 cm³/mol. The maximum absolute atomic E-state index is 13.1. The first-order valence-electron chi connectivity index (χ1n) is 12.5. The first-order chi connectivity index (χ1) is 15.7. The van der Waals surface area contributed by atoms with Crippen molar-refractivity contribution in [3.05, 3.63) is 35.9 Å². The van der Waals surface area contributed by atoms with Crippen molar-refractivity contribution in [3.8, 4) is 0 Å². The van der Waals surface area contributed by atoms with Gasteiger partial charge in [0, 0.05) is 22.7 Å². The molecule has 0 heterocycles. The van der Waals surface area contributed by atoms with Crippen LogP contribution in [-0.4, -0.2) is 66.6 Å². The Morgan fingerprint density at radius 3 is 2.24 bits per heavy atom. The molecule has 0 amide bonds. The lowest BCUT2D eigenvalue weighted by Gasteiger charge is -2.52. The highest BCUT2D eigenvalue weighted by atomic mass is 16.5. The average Bonchev–Trinajstić information content (AvgIpc) is 2.99. The maximum atomic E-state index is 13.1. The molecule has 7 nitrogen and oxygen atoms in total. The fourth-order valence-corrected chi connectivity index (χ4v) is 8.72. The minimum Gasteiger partial charge on any atom is -0.458 e. The van der Waals surface area contributed by atoms with E-state index >= 15 is 0 Å². The number of benzene rings is 1. The molecule has 0 aromatic heterocycles. The van der Waals surface area contributed by atoms with E-state index in [1.807, 2.05) is 6.07 Å². The van der Waals surface area contributed by atoms with Crippen molar-refractivity contribution in [2.24, 2.45) is 28.6 Å². The summed E-state index contributed by atoms with van der Waals surface area (Å²) in [5.74, 6) is -2.04. The summed E-state index contributed by atoms with van der Waals surface area (Å²) >= 11 is 0. The van der Waals surface area contributed by atoms with E-state index in [9.17, 15) is 30.3 Å². The molecule has 0 saturated heterocycles. The zero-order chi connectivity index (χ0) is 24.9. The van der Waals surface area contributed by atoms with Crippen molar-refractivity contribution >= 4 is 5.97 Å². The molecule has 1 spiro atoms. The fourth-order valence-electron chi connectivity index (χ4n) is 8.72. The third-order valence-electron chi connectivity index (χ3n) is 10.5. The van der Waals surface area contributed by atoms with Crippen LogP contribution in [0.2, 0.25) is 0 Å². The number of rotatable bonds is 2. The van der Waals surface area contributed by atoms with E-state index in [1.165, 1.54) is 0 Å². The van der Waals surface area contributed by atoms with Crippen molar-refractivity contribution in [3.63, 3.8) is 0 Å². The van der Waals surface area contributed by atoms with Crippen molar-refractivity contribution in [1.29, 1.82) is 0 Å². The molecule has 7 heteroatoms. The molecule has 4 fully saturated rings. The van der Waals surface area contributed by atoms with Crippen LogP contribution in [0.5, 0.6) is 0 Å². The molecule has 0 radical (unpaired) electrons. The molecule has 5 N–H and O–H groups in total. The molecule has 5 rings (SSSR count). The smallest absolute Gasteiger partial charge is 0.338 e. The van der Waals surface area contributed by atoms with Gasteiger partial charge in [-0.3, -0.25) is 0 Å². The molecule has 4 aliphatic carbocycles. The molecule has 4 saturated carbocycles. The lowest BCUT2D eigenvalue weighted by Crippen LogP contribution is -2.60. The normalized spacial score (nSPS) is 51.3. The number of aliphatic hydroxyl groups is 5. The zero-order valence-corrected chi connectivity index (χ0v) is 20.4. The predicted octanol–water partition coefficient (Wildman–Crippen LogP) is 2.03. The monoisotopic (exact) mass is 474 g/mol. The van der Waals surface area contributed by atoms with Crippen molar-refractivity contribution in [1.82, 2.24) is 0 Å².